The largest absolute Gasteiger partial charge is 0.491 e. The summed E-state index contributed by atoms with van der Waals surface area (Å²) in [6.07, 6.45) is -5.45. The van der Waals surface area contributed by atoms with Gasteiger partial charge in [-0.2, -0.15) is 13.2 Å². The SMILES string of the molecule is CC[C@@H]1O[C@H](C)CC/C=C\[C@@H]2C[C@@]2(C(=O)NS(=O)(=O)C2(C)CC2)NC(=O)[C@@H]2C[C@@H](Oc3cc(-c4ccc(OC(C)C)cc4)nc(-c4cncs4)c3)CN2C(=O)[C@H]1N(C(=O)O)C1(C(F)(F)F)CCCOC1. The number of thiazole rings is 1. The number of alkyl halides is 3. The van der Waals surface area contributed by atoms with Crippen LogP contribution in [0.4, 0.5) is 18.0 Å². The van der Waals surface area contributed by atoms with Crippen LogP contribution in [0.5, 0.6) is 11.5 Å². The third kappa shape index (κ3) is 10.2. The molecule has 8 atom stereocenters. The summed E-state index contributed by atoms with van der Waals surface area (Å²) < 4.78 is 98.8. The maximum absolute atomic E-state index is 15.6. The Hall–Kier alpha value is -5.32. The molecule has 2 aromatic heterocycles. The van der Waals surface area contributed by atoms with Crippen molar-refractivity contribution in [1.82, 2.24) is 29.8 Å². The first kappa shape index (κ1) is 51.0. The lowest BCUT2D eigenvalue weighted by molar-refractivity contribution is -0.263. The normalized spacial score (nSPS) is 29.6. The molecule has 1 unspecified atom stereocenters. The standard InChI is InChI=1S/C48H59F3N6O11S2/c1-6-38-40(57(44(61)62)46(48(49,50)51)16-9-19-65-26-46)42(59)56-25-34(68-33-20-35(53-36(21-33)39-24-52-27-69-39)30-12-14-32(15-13-30)66-28(2)3)22-37(56)41(58)54-47(23-31(47)11-8-7-10-29(4)67-38)43(60)55-70(63,64)45(5)17-18-45/h8,11-15,20-21,24,27-29,31,34,37-38,40H,6-7,9-10,16-19,22-23,25-26H2,1-5H3,(H,54,58)(H,55,60)(H,61,62)/b11-8-/t29-,31-,34-,37+,38+,40+,46?,47-/m1/s1. The second-order valence-electron chi connectivity index (χ2n) is 19.4. The number of allylic oxidation sites excluding steroid dienone is 1. The topological polar surface area (TPSA) is 216 Å². The quantitative estimate of drug-likeness (QED) is 0.158. The minimum Gasteiger partial charge on any atom is -0.491 e. The van der Waals surface area contributed by atoms with Gasteiger partial charge in [0.25, 0.3) is 5.91 Å². The van der Waals surface area contributed by atoms with Crippen molar-refractivity contribution in [3.63, 3.8) is 0 Å². The molecule has 5 heterocycles. The third-order valence-corrected chi connectivity index (χ3v) is 16.9. The molecule has 2 saturated heterocycles. The first-order valence-electron chi connectivity index (χ1n) is 23.6. The summed E-state index contributed by atoms with van der Waals surface area (Å²) >= 11 is 1.32. The summed E-state index contributed by atoms with van der Waals surface area (Å²) in [5.41, 5.74) is -1.66. The van der Waals surface area contributed by atoms with Crippen molar-refractivity contribution in [1.29, 1.82) is 0 Å². The highest BCUT2D eigenvalue weighted by atomic mass is 32.2. The van der Waals surface area contributed by atoms with Gasteiger partial charge in [0.05, 0.1) is 58.0 Å². The van der Waals surface area contributed by atoms with E-state index >= 15 is 18.0 Å². The monoisotopic (exact) mass is 1020 g/mol. The van der Waals surface area contributed by atoms with Crippen LogP contribution in [0, 0.1) is 5.92 Å². The number of hydrogen-bond donors (Lipinski definition) is 3. The summed E-state index contributed by atoms with van der Waals surface area (Å²) in [7, 11) is -4.17. The molecule has 3 N–H and O–H groups in total. The van der Waals surface area contributed by atoms with E-state index in [1.54, 1.807) is 62.0 Å². The zero-order valence-corrected chi connectivity index (χ0v) is 41.2. The number of fused-ring (bicyclic) bond motifs is 2. The van der Waals surface area contributed by atoms with Crippen molar-refractivity contribution < 1.29 is 64.8 Å². The number of nitrogens with one attached hydrogen (secondary N) is 2. The number of ether oxygens (including phenoxy) is 4. The highest BCUT2D eigenvalue weighted by molar-refractivity contribution is 7.91. The molecule has 4 amide bonds. The van der Waals surface area contributed by atoms with Crippen LogP contribution in [0.15, 0.2) is 60.3 Å². The fourth-order valence-corrected chi connectivity index (χ4v) is 11.5. The molecule has 17 nitrogen and oxygen atoms in total. The molecule has 22 heteroatoms. The second-order valence-corrected chi connectivity index (χ2v) is 22.5. The molecular formula is C48H59F3N6O11S2. The summed E-state index contributed by atoms with van der Waals surface area (Å²) in [5, 5.41) is 13.7. The summed E-state index contributed by atoms with van der Waals surface area (Å²) in [4.78, 5) is 69.2. The molecule has 380 valence electrons. The highest BCUT2D eigenvalue weighted by Gasteiger charge is 2.66. The molecule has 2 saturated carbocycles. The van der Waals surface area contributed by atoms with Crippen LogP contribution < -0.4 is 19.5 Å². The summed E-state index contributed by atoms with van der Waals surface area (Å²) in [5.74, 6) is -2.83. The molecule has 0 radical (unpaired) electrons. The number of halogens is 3. The Morgan fingerprint density at radius 3 is 2.46 bits per heavy atom. The van der Waals surface area contributed by atoms with Gasteiger partial charge in [0, 0.05) is 42.8 Å². The molecule has 3 aliphatic heterocycles. The van der Waals surface area contributed by atoms with E-state index in [1.165, 1.54) is 18.3 Å². The lowest BCUT2D eigenvalue weighted by atomic mass is 9.86. The minimum atomic E-state index is -5.22. The Balaban J connectivity index is 1.21. The third-order valence-electron chi connectivity index (χ3n) is 14.0. The van der Waals surface area contributed by atoms with Gasteiger partial charge >= 0.3 is 12.3 Å². The minimum absolute atomic E-state index is 0.00606. The number of sulfonamides is 1. The predicted octanol–water partition coefficient (Wildman–Crippen LogP) is 6.87. The Morgan fingerprint density at radius 1 is 1.11 bits per heavy atom. The van der Waals surface area contributed by atoms with Crippen LogP contribution in [0.1, 0.15) is 92.4 Å². The number of nitrogens with zero attached hydrogens (tertiary/aromatic N) is 4. The molecule has 8 rings (SSSR count). The fraction of sp³-hybridized carbons (Fsp3) is 0.583. The number of aromatic nitrogens is 2. The molecule has 0 bridgehead atoms. The molecule has 4 fully saturated rings. The fourth-order valence-electron chi connectivity index (χ4n) is 9.66. The van der Waals surface area contributed by atoms with Crippen LogP contribution in [-0.2, 0) is 33.9 Å². The van der Waals surface area contributed by atoms with Gasteiger partial charge in [0.2, 0.25) is 21.8 Å². The Kier molecular flexibility index (Phi) is 14.4. The van der Waals surface area contributed by atoms with E-state index < -0.39 is 112 Å². The van der Waals surface area contributed by atoms with E-state index in [1.807, 2.05) is 26.0 Å². The predicted molar refractivity (Wildman–Crippen MR) is 250 cm³/mol. The number of amides is 4. The van der Waals surface area contributed by atoms with Crippen molar-refractivity contribution in [3.05, 3.63) is 60.3 Å². The Labute approximate surface area is 408 Å². The molecule has 1 aromatic carbocycles. The van der Waals surface area contributed by atoms with Gasteiger partial charge in [-0.05, 0) is 103 Å². The average Bonchev–Trinajstić information content (AvgIpc) is 4.06. The van der Waals surface area contributed by atoms with Crippen molar-refractivity contribution in [3.8, 4) is 33.3 Å². The van der Waals surface area contributed by atoms with E-state index in [0.717, 1.165) is 4.90 Å². The van der Waals surface area contributed by atoms with Gasteiger partial charge in [0.1, 0.15) is 35.2 Å². The van der Waals surface area contributed by atoms with Gasteiger partial charge in [-0.15, -0.1) is 11.3 Å². The van der Waals surface area contributed by atoms with Crippen LogP contribution in [0.3, 0.4) is 0 Å². The molecular weight excluding hydrogens is 958 g/mol. The van der Waals surface area contributed by atoms with Gasteiger partial charge in [-0.1, -0.05) is 19.1 Å². The van der Waals surface area contributed by atoms with Crippen LogP contribution in [-0.4, -0.2) is 135 Å². The van der Waals surface area contributed by atoms with Crippen molar-refractivity contribution in [2.24, 2.45) is 5.92 Å². The molecule has 70 heavy (non-hydrogen) atoms. The number of pyridine rings is 1. The highest BCUT2D eigenvalue weighted by Crippen LogP contribution is 2.48. The lowest BCUT2D eigenvalue weighted by Crippen LogP contribution is -2.72. The van der Waals surface area contributed by atoms with Crippen molar-refractivity contribution in [2.75, 3.05) is 19.8 Å². The van der Waals surface area contributed by atoms with E-state index in [0.29, 0.717) is 46.8 Å². The van der Waals surface area contributed by atoms with Crippen LogP contribution in [0.2, 0.25) is 0 Å². The number of rotatable bonds is 12. The van der Waals surface area contributed by atoms with E-state index in [-0.39, 0.29) is 55.5 Å². The van der Waals surface area contributed by atoms with Crippen molar-refractivity contribution in [2.45, 2.75) is 151 Å². The van der Waals surface area contributed by atoms with E-state index in [4.69, 9.17) is 23.9 Å². The molecule has 2 aliphatic carbocycles. The van der Waals surface area contributed by atoms with E-state index in [2.05, 4.69) is 15.0 Å². The number of hydrogen-bond acceptors (Lipinski definition) is 13. The van der Waals surface area contributed by atoms with Gasteiger partial charge in [0.15, 0.2) is 5.54 Å². The number of carbonyl (C=O) groups is 4. The summed E-state index contributed by atoms with van der Waals surface area (Å²) in [6, 6.07) is 6.83. The average molecular weight is 1020 g/mol. The maximum Gasteiger partial charge on any atom is 0.414 e. The van der Waals surface area contributed by atoms with Crippen LogP contribution in [0.25, 0.3) is 21.8 Å². The molecule has 3 aromatic rings. The van der Waals surface area contributed by atoms with Gasteiger partial charge in [-0.25, -0.2) is 18.2 Å². The van der Waals surface area contributed by atoms with Gasteiger partial charge in [-0.3, -0.25) is 29.0 Å². The second kappa shape index (κ2) is 19.7. The molecule has 0 spiro atoms. The first-order valence-corrected chi connectivity index (χ1v) is 26.0. The molecule has 5 aliphatic rings. The van der Waals surface area contributed by atoms with Crippen molar-refractivity contribution >= 4 is 45.2 Å². The Morgan fingerprint density at radius 2 is 1.84 bits per heavy atom. The maximum atomic E-state index is 15.6. The zero-order valence-electron chi connectivity index (χ0n) is 39.6. The number of benzene rings is 1. The zero-order chi connectivity index (χ0) is 50.4. The van der Waals surface area contributed by atoms with Crippen LogP contribution >= 0.6 is 11.3 Å². The smallest absolute Gasteiger partial charge is 0.414 e. The number of carboxylic acid groups (broad SMARTS) is 1. The lowest BCUT2D eigenvalue weighted by Gasteiger charge is -2.50. The summed E-state index contributed by atoms with van der Waals surface area (Å²) in [6.45, 7) is 6.99. The van der Waals surface area contributed by atoms with E-state index in [9.17, 15) is 27.9 Å². The first-order chi connectivity index (χ1) is 33.1. The number of carbonyl (C=O) groups excluding carboxylic acids is 3. The Bertz CT molecular complexity index is 2570. The van der Waals surface area contributed by atoms with Gasteiger partial charge < -0.3 is 34.3 Å².